The van der Waals surface area contributed by atoms with E-state index in [0.29, 0.717) is 48.0 Å². The molecule has 1 aromatic heterocycles. The molecule has 1 N–H and O–H groups in total. The summed E-state index contributed by atoms with van der Waals surface area (Å²) in [4.78, 5) is 43.6. The molecule has 0 saturated carbocycles. The molecule has 11 nitrogen and oxygen atoms in total. The number of piperazine rings is 1. The molecule has 1 fully saturated rings. The van der Waals surface area contributed by atoms with Crippen LogP contribution < -0.4 is 0 Å². The lowest BCUT2D eigenvalue weighted by Crippen LogP contribution is -2.48. The van der Waals surface area contributed by atoms with Crippen LogP contribution in [0.2, 0.25) is 0 Å². The second-order valence-electron chi connectivity index (χ2n) is 12.6. The number of ether oxygens (including phenoxy) is 2. The zero-order chi connectivity index (χ0) is 32.8. The molecule has 246 valence electrons. The highest BCUT2D eigenvalue weighted by Gasteiger charge is 2.29. The first kappa shape index (κ1) is 34.1. The molecule has 2 aliphatic heterocycles. The number of amides is 2. The summed E-state index contributed by atoms with van der Waals surface area (Å²) >= 11 is 0. The molecule has 2 aromatic rings. The minimum atomic E-state index is -0.903. The Morgan fingerprint density at radius 2 is 1.87 bits per heavy atom. The smallest absolute Gasteiger partial charge is 0.410 e. The summed E-state index contributed by atoms with van der Waals surface area (Å²) in [6.07, 6.45) is 5.07. The van der Waals surface area contributed by atoms with Gasteiger partial charge in [-0.1, -0.05) is 26.0 Å². The topological polar surface area (TPSA) is 117 Å². The number of hydrogen-bond acceptors (Lipinski definition) is 8. The molecular formula is C33H46FN5O6. The van der Waals surface area contributed by atoms with E-state index in [0.717, 1.165) is 13.1 Å². The lowest BCUT2D eigenvalue weighted by molar-refractivity contribution is -0.151. The van der Waals surface area contributed by atoms with Crippen LogP contribution in [0.4, 0.5) is 9.18 Å². The van der Waals surface area contributed by atoms with Crippen LogP contribution in [0.1, 0.15) is 45.6 Å². The quantitative estimate of drug-likeness (QED) is 0.394. The van der Waals surface area contributed by atoms with E-state index in [1.807, 2.05) is 33.0 Å². The van der Waals surface area contributed by atoms with Crippen molar-refractivity contribution in [1.29, 1.82) is 0 Å². The average molecular weight is 628 g/mol. The van der Waals surface area contributed by atoms with Gasteiger partial charge in [0.25, 0.3) is 0 Å². The summed E-state index contributed by atoms with van der Waals surface area (Å²) in [5.74, 6) is -1.63. The number of halogens is 1. The molecule has 0 radical (unpaired) electrons. The van der Waals surface area contributed by atoms with Gasteiger partial charge in [0.15, 0.2) is 0 Å². The summed E-state index contributed by atoms with van der Waals surface area (Å²) < 4.78 is 28.5. The second kappa shape index (κ2) is 15.0. The van der Waals surface area contributed by atoms with E-state index in [9.17, 15) is 19.5 Å². The maximum Gasteiger partial charge on any atom is 0.410 e. The molecule has 5 atom stereocenters. The third-order valence-electron chi connectivity index (χ3n) is 8.62. The Morgan fingerprint density at radius 1 is 1.16 bits per heavy atom. The number of aliphatic hydroxyl groups is 1. The van der Waals surface area contributed by atoms with Crippen LogP contribution in [0.3, 0.4) is 0 Å². The standard InChI is InChI=1S/C33H46FN5O6/c1-21-7-9-25(40)18-31(42)45-32(22(2)8-10-29(21)44-33(43)38-13-11-37(6)12-14-38)23(3)15-24-16-27(34)26-19-35-39(28(26)17-24)20-30(41)36(4)5/h8,10,15-17,19,21-22,25,29,32,40H,7,9,11-14,18,20H2,1-6H3/b10-8-,23-15+/t21-,22-,25+,29-,32-/m0/s1. The summed E-state index contributed by atoms with van der Waals surface area (Å²) in [5, 5.41) is 15.1. The predicted octanol–water partition coefficient (Wildman–Crippen LogP) is 3.70. The summed E-state index contributed by atoms with van der Waals surface area (Å²) in [6, 6.07) is 3.12. The summed E-state index contributed by atoms with van der Waals surface area (Å²) in [7, 11) is 5.31. The molecule has 4 rings (SSSR count). The maximum absolute atomic E-state index is 15.1. The lowest BCUT2D eigenvalue weighted by Gasteiger charge is -2.33. The molecule has 0 spiro atoms. The SMILES string of the molecule is C/C(=C\c1cc(F)c2cnn(CC(=O)N(C)C)c2c1)[C@H]1OC(=O)C[C@H](O)CC[C@H](C)[C@@H](OC(=O)N2CCN(C)CC2)/C=C\[C@@H]1C. The van der Waals surface area contributed by atoms with Crippen molar-refractivity contribution in [1.82, 2.24) is 24.5 Å². The Labute approximate surface area is 264 Å². The van der Waals surface area contributed by atoms with Gasteiger partial charge in [-0.3, -0.25) is 14.3 Å². The summed E-state index contributed by atoms with van der Waals surface area (Å²) in [6.45, 7) is 8.37. The molecule has 3 heterocycles. The fourth-order valence-corrected chi connectivity index (χ4v) is 5.61. The Morgan fingerprint density at radius 3 is 2.56 bits per heavy atom. The van der Waals surface area contributed by atoms with Gasteiger partial charge >= 0.3 is 12.1 Å². The van der Waals surface area contributed by atoms with E-state index in [-0.39, 0.29) is 36.8 Å². The number of aliphatic hydroxyl groups excluding tert-OH is 1. The fraction of sp³-hybridized carbons (Fsp3) is 0.576. The van der Waals surface area contributed by atoms with Crippen LogP contribution >= 0.6 is 0 Å². The monoisotopic (exact) mass is 627 g/mol. The third kappa shape index (κ3) is 8.91. The van der Waals surface area contributed by atoms with Crippen molar-refractivity contribution < 1.29 is 33.4 Å². The van der Waals surface area contributed by atoms with Gasteiger partial charge in [-0.2, -0.15) is 5.10 Å². The average Bonchev–Trinajstić information content (AvgIpc) is 3.38. The van der Waals surface area contributed by atoms with Crippen LogP contribution in [0, 0.1) is 17.7 Å². The first-order chi connectivity index (χ1) is 21.3. The van der Waals surface area contributed by atoms with Crippen LogP contribution in [0.5, 0.6) is 0 Å². The highest BCUT2D eigenvalue weighted by Crippen LogP contribution is 2.27. The number of carbonyl (C=O) groups excluding carboxylic acids is 3. The minimum absolute atomic E-state index is 0.0363. The predicted molar refractivity (Wildman–Crippen MR) is 169 cm³/mol. The Balaban J connectivity index is 1.61. The normalized spacial score (nSPS) is 26.5. The van der Waals surface area contributed by atoms with E-state index in [1.165, 1.54) is 21.8 Å². The molecular weight excluding hydrogens is 581 g/mol. The number of benzene rings is 1. The number of nitrogens with zero attached hydrogens (tertiary/aromatic N) is 5. The number of likely N-dealkylation sites (N-methyl/N-ethyl adjacent to an activating group) is 2. The van der Waals surface area contributed by atoms with Crippen molar-refractivity contribution in [2.45, 2.75) is 64.9 Å². The molecule has 2 aliphatic rings. The fourth-order valence-electron chi connectivity index (χ4n) is 5.61. The zero-order valence-electron chi connectivity index (χ0n) is 27.1. The van der Waals surface area contributed by atoms with E-state index in [4.69, 9.17) is 9.47 Å². The molecule has 1 saturated heterocycles. The molecule has 0 bridgehead atoms. The van der Waals surface area contributed by atoms with Crippen LogP contribution in [-0.2, 0) is 25.6 Å². The van der Waals surface area contributed by atoms with E-state index in [2.05, 4.69) is 10.00 Å². The number of fused-ring (bicyclic) bond motifs is 1. The van der Waals surface area contributed by atoms with Gasteiger partial charge < -0.3 is 29.3 Å². The summed E-state index contributed by atoms with van der Waals surface area (Å²) in [5.41, 5.74) is 1.64. The number of hydrogen-bond donors (Lipinski definition) is 1. The van der Waals surface area contributed by atoms with Gasteiger partial charge in [-0.25, -0.2) is 9.18 Å². The van der Waals surface area contributed by atoms with Crippen molar-refractivity contribution in [3.05, 3.63) is 47.4 Å². The van der Waals surface area contributed by atoms with Crippen molar-refractivity contribution in [2.75, 3.05) is 47.3 Å². The lowest BCUT2D eigenvalue weighted by atomic mass is 9.91. The van der Waals surface area contributed by atoms with Crippen molar-refractivity contribution in [3.8, 4) is 0 Å². The third-order valence-corrected chi connectivity index (χ3v) is 8.62. The van der Waals surface area contributed by atoms with Gasteiger partial charge in [-0.15, -0.1) is 0 Å². The number of carbonyl (C=O) groups is 3. The van der Waals surface area contributed by atoms with E-state index in [1.54, 1.807) is 38.1 Å². The molecule has 12 heteroatoms. The minimum Gasteiger partial charge on any atom is -0.457 e. The van der Waals surface area contributed by atoms with Crippen LogP contribution in [0.25, 0.3) is 17.0 Å². The van der Waals surface area contributed by atoms with Crippen molar-refractivity contribution in [3.63, 3.8) is 0 Å². The van der Waals surface area contributed by atoms with Gasteiger partial charge in [-0.05, 0) is 62.1 Å². The maximum atomic E-state index is 15.1. The Hall–Kier alpha value is -3.77. The highest BCUT2D eigenvalue weighted by molar-refractivity contribution is 5.84. The van der Waals surface area contributed by atoms with Crippen molar-refractivity contribution >= 4 is 34.9 Å². The van der Waals surface area contributed by atoms with Crippen LogP contribution in [0.15, 0.2) is 36.1 Å². The molecule has 2 amide bonds. The number of rotatable bonds is 5. The number of esters is 1. The Kier molecular flexibility index (Phi) is 11.4. The van der Waals surface area contributed by atoms with Gasteiger partial charge in [0, 0.05) is 46.2 Å². The van der Waals surface area contributed by atoms with Crippen molar-refractivity contribution in [2.24, 2.45) is 11.8 Å². The molecule has 0 aliphatic carbocycles. The second-order valence-corrected chi connectivity index (χ2v) is 12.6. The first-order valence-corrected chi connectivity index (χ1v) is 15.6. The van der Waals surface area contributed by atoms with E-state index >= 15 is 4.39 Å². The largest absolute Gasteiger partial charge is 0.457 e. The van der Waals surface area contributed by atoms with E-state index < -0.39 is 30.1 Å². The molecule has 45 heavy (non-hydrogen) atoms. The Bertz CT molecular complexity index is 1430. The highest BCUT2D eigenvalue weighted by atomic mass is 19.1. The van der Waals surface area contributed by atoms with Gasteiger partial charge in [0.2, 0.25) is 5.91 Å². The number of aromatic nitrogens is 2. The zero-order valence-corrected chi connectivity index (χ0v) is 27.1. The van der Waals surface area contributed by atoms with Gasteiger partial charge in [0.1, 0.15) is 24.6 Å². The molecule has 1 aromatic carbocycles. The molecule has 0 unspecified atom stereocenters. The van der Waals surface area contributed by atoms with Crippen LogP contribution in [-0.4, -0.2) is 113 Å². The number of cyclic esters (lactones) is 1. The van der Waals surface area contributed by atoms with Gasteiger partial charge in [0.05, 0.1) is 29.6 Å². The first-order valence-electron chi connectivity index (χ1n) is 15.6.